The Morgan fingerprint density at radius 3 is 2.73 bits per heavy atom. The summed E-state index contributed by atoms with van der Waals surface area (Å²) in [6, 6.07) is -0.0412. The summed E-state index contributed by atoms with van der Waals surface area (Å²) in [5.74, 6) is -0.575. The smallest absolute Gasteiger partial charge is 0.163 e. The molecule has 15 heavy (non-hydrogen) atoms. The van der Waals surface area contributed by atoms with Gasteiger partial charge in [0.2, 0.25) is 0 Å². The molecular weight excluding hydrogens is 198 g/mol. The number of rotatable bonds is 3. The van der Waals surface area contributed by atoms with Gasteiger partial charge in [0.15, 0.2) is 5.79 Å². The van der Waals surface area contributed by atoms with Crippen molar-refractivity contribution in [1.29, 1.82) is 0 Å². The fourth-order valence-corrected chi connectivity index (χ4v) is 2.34. The summed E-state index contributed by atoms with van der Waals surface area (Å²) >= 11 is 0. The molecule has 1 unspecified atom stereocenters. The molecule has 5 heteroatoms. The SMILES string of the molecule is CC1(C)OC2[C@H](N)C[C@H](OCCO)[C@H]2O1. The first-order valence-electron chi connectivity index (χ1n) is 5.37. The first kappa shape index (κ1) is 11.3. The zero-order valence-electron chi connectivity index (χ0n) is 9.18. The maximum Gasteiger partial charge on any atom is 0.163 e. The molecular formula is C10H19NO4. The lowest BCUT2D eigenvalue weighted by Gasteiger charge is -2.22. The van der Waals surface area contributed by atoms with Gasteiger partial charge in [-0.15, -0.1) is 0 Å². The van der Waals surface area contributed by atoms with Crippen LogP contribution in [0.2, 0.25) is 0 Å². The molecule has 5 nitrogen and oxygen atoms in total. The van der Waals surface area contributed by atoms with Gasteiger partial charge in [0.05, 0.1) is 19.3 Å². The highest BCUT2D eigenvalue weighted by Gasteiger charge is 2.53. The Balaban J connectivity index is 1.99. The highest BCUT2D eigenvalue weighted by Crippen LogP contribution is 2.38. The van der Waals surface area contributed by atoms with E-state index in [-0.39, 0.29) is 31.0 Å². The molecule has 1 aliphatic carbocycles. The van der Waals surface area contributed by atoms with Gasteiger partial charge < -0.3 is 25.1 Å². The topological polar surface area (TPSA) is 73.9 Å². The zero-order chi connectivity index (χ0) is 11.1. The lowest BCUT2D eigenvalue weighted by molar-refractivity contribution is -0.168. The van der Waals surface area contributed by atoms with Crippen molar-refractivity contribution in [2.75, 3.05) is 13.2 Å². The van der Waals surface area contributed by atoms with Gasteiger partial charge in [-0.25, -0.2) is 0 Å². The molecule has 2 rings (SSSR count). The molecule has 0 aromatic heterocycles. The van der Waals surface area contributed by atoms with Gasteiger partial charge in [0, 0.05) is 6.04 Å². The van der Waals surface area contributed by atoms with Crippen LogP contribution in [0, 0.1) is 0 Å². The van der Waals surface area contributed by atoms with Crippen LogP contribution in [-0.4, -0.2) is 48.5 Å². The Morgan fingerprint density at radius 2 is 2.07 bits per heavy atom. The molecule has 1 saturated heterocycles. The van der Waals surface area contributed by atoms with E-state index in [0.29, 0.717) is 6.61 Å². The van der Waals surface area contributed by atoms with Crippen molar-refractivity contribution < 1.29 is 19.3 Å². The molecule has 0 bridgehead atoms. The van der Waals surface area contributed by atoms with Crippen LogP contribution in [0.5, 0.6) is 0 Å². The van der Waals surface area contributed by atoms with Crippen molar-refractivity contribution in [3.63, 3.8) is 0 Å². The van der Waals surface area contributed by atoms with E-state index in [9.17, 15) is 0 Å². The van der Waals surface area contributed by atoms with E-state index in [1.165, 1.54) is 0 Å². The standard InChI is InChI=1S/C10H19NO4/c1-10(2)14-8-6(11)5-7(9(8)15-10)13-4-3-12/h6-9,12H,3-5,11H2,1-2H3/t6-,7+,8?,9-/m1/s1. The number of ether oxygens (including phenoxy) is 3. The third kappa shape index (κ3) is 2.16. The minimum absolute atomic E-state index is 0.0212. The van der Waals surface area contributed by atoms with Crippen molar-refractivity contribution >= 4 is 0 Å². The van der Waals surface area contributed by atoms with E-state index >= 15 is 0 Å². The van der Waals surface area contributed by atoms with E-state index in [0.717, 1.165) is 6.42 Å². The number of hydrogen-bond acceptors (Lipinski definition) is 5. The molecule has 0 aromatic carbocycles. The van der Waals surface area contributed by atoms with Crippen LogP contribution >= 0.6 is 0 Å². The molecule has 0 radical (unpaired) electrons. The van der Waals surface area contributed by atoms with E-state index in [2.05, 4.69) is 0 Å². The molecule has 1 saturated carbocycles. The molecule has 0 amide bonds. The molecule has 1 heterocycles. The van der Waals surface area contributed by atoms with Gasteiger partial charge >= 0.3 is 0 Å². The minimum atomic E-state index is -0.575. The Kier molecular flexibility index (Phi) is 3.00. The summed E-state index contributed by atoms with van der Waals surface area (Å²) in [5.41, 5.74) is 5.96. The Labute approximate surface area is 89.5 Å². The van der Waals surface area contributed by atoms with Crippen molar-refractivity contribution in [1.82, 2.24) is 0 Å². The van der Waals surface area contributed by atoms with Crippen LogP contribution in [-0.2, 0) is 14.2 Å². The molecule has 0 aromatic rings. The third-order valence-electron chi connectivity index (χ3n) is 2.88. The fraction of sp³-hybridized carbons (Fsp3) is 1.00. The monoisotopic (exact) mass is 217 g/mol. The van der Waals surface area contributed by atoms with Gasteiger partial charge in [0.25, 0.3) is 0 Å². The van der Waals surface area contributed by atoms with Crippen molar-refractivity contribution in [2.45, 2.75) is 50.4 Å². The van der Waals surface area contributed by atoms with E-state index in [1.54, 1.807) is 0 Å². The van der Waals surface area contributed by atoms with Crippen molar-refractivity contribution in [2.24, 2.45) is 5.73 Å². The number of fused-ring (bicyclic) bond motifs is 1. The van der Waals surface area contributed by atoms with E-state index in [1.807, 2.05) is 13.8 Å². The normalized spacial score (nSPS) is 43.2. The van der Waals surface area contributed by atoms with Gasteiger partial charge in [-0.2, -0.15) is 0 Å². The summed E-state index contributed by atoms with van der Waals surface area (Å²) in [6.45, 7) is 4.10. The molecule has 3 N–H and O–H groups in total. The van der Waals surface area contributed by atoms with E-state index in [4.69, 9.17) is 25.1 Å². The minimum Gasteiger partial charge on any atom is -0.394 e. The van der Waals surface area contributed by atoms with Crippen molar-refractivity contribution in [3.05, 3.63) is 0 Å². The molecule has 2 aliphatic rings. The number of aliphatic hydroxyl groups is 1. The van der Waals surface area contributed by atoms with Crippen LogP contribution in [0.15, 0.2) is 0 Å². The molecule has 4 atom stereocenters. The lowest BCUT2D eigenvalue weighted by atomic mass is 10.2. The second-order valence-corrected chi connectivity index (χ2v) is 4.60. The van der Waals surface area contributed by atoms with E-state index < -0.39 is 5.79 Å². The predicted octanol–water partition coefficient (Wildman–Crippen LogP) is -0.385. The lowest BCUT2D eigenvalue weighted by Crippen LogP contribution is -2.35. The summed E-state index contributed by atoms with van der Waals surface area (Å²) in [5, 5.41) is 8.71. The Hall–Kier alpha value is -0.200. The average Bonchev–Trinajstić information content (AvgIpc) is 2.60. The van der Waals surface area contributed by atoms with Gasteiger partial charge in [-0.1, -0.05) is 0 Å². The second-order valence-electron chi connectivity index (χ2n) is 4.60. The van der Waals surface area contributed by atoms with Crippen LogP contribution in [0.4, 0.5) is 0 Å². The zero-order valence-corrected chi connectivity index (χ0v) is 9.18. The number of nitrogens with two attached hydrogens (primary N) is 1. The summed E-state index contributed by atoms with van der Waals surface area (Å²) in [4.78, 5) is 0. The largest absolute Gasteiger partial charge is 0.394 e. The Bertz CT molecular complexity index is 233. The maximum atomic E-state index is 8.71. The average molecular weight is 217 g/mol. The number of aliphatic hydroxyl groups excluding tert-OH is 1. The van der Waals surface area contributed by atoms with Crippen LogP contribution < -0.4 is 5.73 Å². The van der Waals surface area contributed by atoms with Crippen LogP contribution in [0.25, 0.3) is 0 Å². The predicted molar refractivity (Wildman–Crippen MR) is 53.2 cm³/mol. The quantitative estimate of drug-likeness (QED) is 0.674. The van der Waals surface area contributed by atoms with Gasteiger partial charge in [0.1, 0.15) is 12.2 Å². The van der Waals surface area contributed by atoms with Crippen molar-refractivity contribution in [3.8, 4) is 0 Å². The summed E-state index contributed by atoms with van der Waals surface area (Å²) < 4.78 is 16.9. The number of hydrogen-bond donors (Lipinski definition) is 2. The van der Waals surface area contributed by atoms with Crippen LogP contribution in [0.1, 0.15) is 20.3 Å². The maximum absolute atomic E-state index is 8.71. The molecule has 88 valence electrons. The molecule has 0 spiro atoms. The third-order valence-corrected chi connectivity index (χ3v) is 2.88. The summed E-state index contributed by atoms with van der Waals surface area (Å²) in [7, 11) is 0. The molecule has 1 aliphatic heterocycles. The van der Waals surface area contributed by atoms with Gasteiger partial charge in [-0.05, 0) is 20.3 Å². The van der Waals surface area contributed by atoms with Crippen LogP contribution in [0.3, 0.4) is 0 Å². The Morgan fingerprint density at radius 1 is 1.40 bits per heavy atom. The highest BCUT2D eigenvalue weighted by atomic mass is 16.8. The molecule has 2 fully saturated rings. The summed E-state index contributed by atoms with van der Waals surface area (Å²) in [6.07, 6.45) is 0.495. The highest BCUT2D eigenvalue weighted by molar-refractivity contribution is 5.01. The first-order valence-corrected chi connectivity index (χ1v) is 5.37. The fourth-order valence-electron chi connectivity index (χ4n) is 2.34. The van der Waals surface area contributed by atoms with Gasteiger partial charge in [-0.3, -0.25) is 0 Å². The first-order chi connectivity index (χ1) is 7.03. The second kappa shape index (κ2) is 3.99.